The predicted octanol–water partition coefficient (Wildman–Crippen LogP) is 1.16. The molecule has 16 heavy (non-hydrogen) atoms. The SMILES string of the molecule is CCOCC(NC(=O)CCCNC)C(C)C. The molecule has 4 nitrogen and oxygen atoms in total. The zero-order valence-electron chi connectivity index (χ0n) is 11.0. The van der Waals surface area contributed by atoms with Gasteiger partial charge in [0, 0.05) is 13.0 Å². The molecule has 0 radical (unpaired) electrons. The molecule has 1 atom stereocenters. The Hall–Kier alpha value is -0.610. The second-order valence-electron chi connectivity index (χ2n) is 4.28. The van der Waals surface area contributed by atoms with Gasteiger partial charge in [0.25, 0.3) is 0 Å². The number of amides is 1. The van der Waals surface area contributed by atoms with E-state index in [2.05, 4.69) is 24.5 Å². The van der Waals surface area contributed by atoms with Crippen LogP contribution in [0.3, 0.4) is 0 Å². The minimum absolute atomic E-state index is 0.119. The fraction of sp³-hybridized carbons (Fsp3) is 0.917. The van der Waals surface area contributed by atoms with Gasteiger partial charge in [-0.25, -0.2) is 0 Å². The normalized spacial score (nSPS) is 12.8. The number of nitrogens with one attached hydrogen (secondary N) is 2. The van der Waals surface area contributed by atoms with Crippen LogP contribution >= 0.6 is 0 Å². The van der Waals surface area contributed by atoms with E-state index in [0.717, 1.165) is 13.0 Å². The summed E-state index contributed by atoms with van der Waals surface area (Å²) in [6, 6.07) is 0.127. The average Bonchev–Trinajstić information content (AvgIpc) is 2.24. The topological polar surface area (TPSA) is 50.4 Å². The molecule has 0 aliphatic heterocycles. The molecular formula is C12H26N2O2. The van der Waals surface area contributed by atoms with E-state index in [-0.39, 0.29) is 11.9 Å². The van der Waals surface area contributed by atoms with Crippen LogP contribution in [0, 0.1) is 5.92 Å². The van der Waals surface area contributed by atoms with E-state index in [0.29, 0.717) is 25.6 Å². The Morgan fingerprint density at radius 1 is 1.38 bits per heavy atom. The third-order valence-corrected chi connectivity index (χ3v) is 2.48. The van der Waals surface area contributed by atoms with E-state index in [1.165, 1.54) is 0 Å². The highest BCUT2D eigenvalue weighted by atomic mass is 16.5. The van der Waals surface area contributed by atoms with Crippen molar-refractivity contribution in [3.05, 3.63) is 0 Å². The molecule has 0 aliphatic carbocycles. The first-order valence-corrected chi connectivity index (χ1v) is 6.13. The Balaban J connectivity index is 3.83. The number of hydrogen-bond acceptors (Lipinski definition) is 3. The maximum atomic E-state index is 11.6. The standard InChI is InChI=1S/C12H26N2O2/c1-5-16-9-11(10(2)3)14-12(15)7-6-8-13-4/h10-11,13H,5-9H2,1-4H3,(H,14,15). The summed E-state index contributed by atoms with van der Waals surface area (Å²) in [6.45, 7) is 8.33. The lowest BCUT2D eigenvalue weighted by atomic mass is 10.1. The molecule has 2 N–H and O–H groups in total. The van der Waals surface area contributed by atoms with Crippen LogP contribution in [-0.4, -0.2) is 38.8 Å². The molecule has 0 aromatic carbocycles. The van der Waals surface area contributed by atoms with Crippen molar-refractivity contribution in [2.24, 2.45) is 5.92 Å². The summed E-state index contributed by atoms with van der Waals surface area (Å²) < 4.78 is 5.36. The number of carbonyl (C=O) groups excluding carboxylic acids is 1. The van der Waals surface area contributed by atoms with E-state index in [1.54, 1.807) is 0 Å². The third-order valence-electron chi connectivity index (χ3n) is 2.48. The molecule has 4 heteroatoms. The van der Waals surface area contributed by atoms with Crippen molar-refractivity contribution in [1.29, 1.82) is 0 Å². The molecule has 0 aliphatic rings. The molecule has 1 unspecified atom stereocenters. The first-order valence-electron chi connectivity index (χ1n) is 6.13. The lowest BCUT2D eigenvalue weighted by molar-refractivity contribution is -0.122. The first kappa shape index (κ1) is 15.4. The summed E-state index contributed by atoms with van der Waals surface area (Å²) in [4.78, 5) is 11.6. The molecule has 0 aromatic heterocycles. The van der Waals surface area contributed by atoms with E-state index < -0.39 is 0 Å². The zero-order chi connectivity index (χ0) is 12.4. The highest BCUT2D eigenvalue weighted by molar-refractivity contribution is 5.76. The molecule has 0 saturated carbocycles. The van der Waals surface area contributed by atoms with Gasteiger partial charge in [0.05, 0.1) is 12.6 Å². The summed E-state index contributed by atoms with van der Waals surface area (Å²) in [6.07, 6.45) is 1.46. The fourth-order valence-corrected chi connectivity index (χ4v) is 1.35. The Labute approximate surface area is 99.1 Å². The maximum Gasteiger partial charge on any atom is 0.220 e. The predicted molar refractivity (Wildman–Crippen MR) is 66.4 cm³/mol. The zero-order valence-corrected chi connectivity index (χ0v) is 11.0. The maximum absolute atomic E-state index is 11.6. The molecule has 0 bridgehead atoms. The van der Waals surface area contributed by atoms with Crippen molar-refractivity contribution in [3.8, 4) is 0 Å². The Morgan fingerprint density at radius 2 is 2.06 bits per heavy atom. The Bertz CT molecular complexity index is 184. The van der Waals surface area contributed by atoms with Gasteiger partial charge in [0.1, 0.15) is 0 Å². The van der Waals surface area contributed by atoms with E-state index in [9.17, 15) is 4.79 Å². The van der Waals surface area contributed by atoms with Crippen LogP contribution < -0.4 is 10.6 Å². The van der Waals surface area contributed by atoms with Gasteiger partial charge in [-0.1, -0.05) is 13.8 Å². The lowest BCUT2D eigenvalue weighted by Crippen LogP contribution is -2.42. The van der Waals surface area contributed by atoms with Gasteiger partial charge in [-0.2, -0.15) is 0 Å². The molecule has 0 heterocycles. The minimum atomic E-state index is 0.119. The van der Waals surface area contributed by atoms with Gasteiger partial charge in [-0.15, -0.1) is 0 Å². The average molecular weight is 230 g/mol. The molecular weight excluding hydrogens is 204 g/mol. The highest BCUT2D eigenvalue weighted by Crippen LogP contribution is 2.03. The van der Waals surface area contributed by atoms with E-state index in [1.807, 2.05) is 14.0 Å². The van der Waals surface area contributed by atoms with Crippen LogP contribution in [0.5, 0.6) is 0 Å². The number of hydrogen-bond donors (Lipinski definition) is 2. The third kappa shape index (κ3) is 7.65. The largest absolute Gasteiger partial charge is 0.380 e. The number of rotatable bonds is 9. The molecule has 0 aromatic rings. The van der Waals surface area contributed by atoms with E-state index >= 15 is 0 Å². The first-order chi connectivity index (χ1) is 7.61. The summed E-state index contributed by atoms with van der Waals surface area (Å²) in [5.74, 6) is 0.522. The Kier molecular flexibility index (Phi) is 9.24. The van der Waals surface area contributed by atoms with Crippen molar-refractivity contribution in [3.63, 3.8) is 0 Å². The van der Waals surface area contributed by atoms with Gasteiger partial charge in [0.15, 0.2) is 0 Å². The highest BCUT2D eigenvalue weighted by Gasteiger charge is 2.15. The Morgan fingerprint density at radius 3 is 2.56 bits per heavy atom. The molecule has 0 saturated heterocycles. The van der Waals surface area contributed by atoms with Crippen molar-refractivity contribution >= 4 is 5.91 Å². The van der Waals surface area contributed by atoms with Crippen molar-refractivity contribution < 1.29 is 9.53 Å². The van der Waals surface area contributed by atoms with Crippen LogP contribution in [-0.2, 0) is 9.53 Å². The summed E-state index contributed by atoms with van der Waals surface area (Å²) >= 11 is 0. The lowest BCUT2D eigenvalue weighted by Gasteiger charge is -2.22. The monoisotopic (exact) mass is 230 g/mol. The van der Waals surface area contributed by atoms with Gasteiger partial charge >= 0.3 is 0 Å². The summed E-state index contributed by atoms with van der Waals surface area (Å²) in [5, 5.41) is 6.05. The quantitative estimate of drug-likeness (QED) is 0.584. The van der Waals surface area contributed by atoms with Crippen LogP contribution in [0.15, 0.2) is 0 Å². The van der Waals surface area contributed by atoms with Crippen LogP contribution in [0.1, 0.15) is 33.6 Å². The smallest absolute Gasteiger partial charge is 0.220 e. The van der Waals surface area contributed by atoms with E-state index in [4.69, 9.17) is 4.74 Å². The number of carbonyl (C=O) groups is 1. The van der Waals surface area contributed by atoms with Crippen LogP contribution in [0.4, 0.5) is 0 Å². The molecule has 0 fully saturated rings. The van der Waals surface area contributed by atoms with Gasteiger partial charge in [-0.3, -0.25) is 4.79 Å². The molecule has 0 rings (SSSR count). The van der Waals surface area contributed by atoms with Crippen molar-refractivity contribution in [2.75, 3.05) is 26.8 Å². The molecule has 0 spiro atoms. The summed E-state index contributed by atoms with van der Waals surface area (Å²) in [5.41, 5.74) is 0. The second kappa shape index (κ2) is 9.60. The van der Waals surface area contributed by atoms with Crippen LogP contribution in [0.2, 0.25) is 0 Å². The van der Waals surface area contributed by atoms with Gasteiger partial charge in [-0.05, 0) is 32.9 Å². The van der Waals surface area contributed by atoms with Crippen LogP contribution in [0.25, 0.3) is 0 Å². The summed E-state index contributed by atoms with van der Waals surface area (Å²) in [7, 11) is 1.89. The molecule has 96 valence electrons. The van der Waals surface area contributed by atoms with Crippen molar-refractivity contribution in [1.82, 2.24) is 10.6 Å². The number of ether oxygens (including phenoxy) is 1. The second-order valence-corrected chi connectivity index (χ2v) is 4.28. The fourth-order valence-electron chi connectivity index (χ4n) is 1.35. The van der Waals surface area contributed by atoms with Crippen molar-refractivity contribution in [2.45, 2.75) is 39.7 Å². The molecule has 1 amide bonds. The van der Waals surface area contributed by atoms with Gasteiger partial charge in [0.2, 0.25) is 5.91 Å². The van der Waals surface area contributed by atoms with Gasteiger partial charge < -0.3 is 15.4 Å². The minimum Gasteiger partial charge on any atom is -0.380 e.